The number of nitrogens with zero attached hydrogens (tertiary/aromatic N) is 2. The van der Waals surface area contributed by atoms with Gasteiger partial charge in [-0.05, 0) is 6.07 Å². The summed E-state index contributed by atoms with van der Waals surface area (Å²) in [5, 5.41) is 18.5. The SMILES string of the molecule is O=C(O)Cc1cc(-c2ccn[nH]2)on1. The molecule has 2 heterocycles. The second-order valence-electron chi connectivity index (χ2n) is 2.72. The normalized spacial score (nSPS) is 10.3. The van der Waals surface area contributed by atoms with Crippen LogP contribution in [0.3, 0.4) is 0 Å². The average Bonchev–Trinajstić information content (AvgIpc) is 2.69. The summed E-state index contributed by atoms with van der Waals surface area (Å²) in [4.78, 5) is 10.4. The van der Waals surface area contributed by atoms with Crippen molar-refractivity contribution in [3.63, 3.8) is 0 Å². The molecule has 6 heteroatoms. The molecule has 0 aliphatic carbocycles. The first-order valence-corrected chi connectivity index (χ1v) is 3.93. The zero-order valence-electron chi connectivity index (χ0n) is 7.10. The number of aromatic nitrogens is 3. The van der Waals surface area contributed by atoms with E-state index in [0.717, 1.165) is 0 Å². The van der Waals surface area contributed by atoms with Gasteiger partial charge in [0.2, 0.25) is 0 Å². The fourth-order valence-electron chi connectivity index (χ4n) is 1.07. The van der Waals surface area contributed by atoms with Crippen molar-refractivity contribution in [2.45, 2.75) is 6.42 Å². The predicted octanol–water partition coefficient (Wildman–Crippen LogP) is 0.692. The summed E-state index contributed by atoms with van der Waals surface area (Å²) in [6.07, 6.45) is 1.44. The van der Waals surface area contributed by atoms with Gasteiger partial charge in [0, 0.05) is 12.3 Å². The number of aromatic amines is 1. The van der Waals surface area contributed by atoms with Crippen molar-refractivity contribution < 1.29 is 14.4 Å². The van der Waals surface area contributed by atoms with Crippen molar-refractivity contribution in [3.8, 4) is 11.5 Å². The third kappa shape index (κ3) is 1.63. The van der Waals surface area contributed by atoms with Gasteiger partial charge in [-0.15, -0.1) is 0 Å². The zero-order chi connectivity index (χ0) is 9.97. The van der Waals surface area contributed by atoms with Crippen LogP contribution >= 0.6 is 0 Å². The van der Waals surface area contributed by atoms with E-state index in [-0.39, 0.29) is 6.42 Å². The van der Waals surface area contributed by atoms with E-state index < -0.39 is 5.97 Å². The molecule has 14 heavy (non-hydrogen) atoms. The Kier molecular flexibility index (Phi) is 2.02. The maximum absolute atomic E-state index is 10.4. The molecule has 0 saturated carbocycles. The highest BCUT2D eigenvalue weighted by Crippen LogP contribution is 2.16. The van der Waals surface area contributed by atoms with Gasteiger partial charge in [0.05, 0.1) is 12.1 Å². The number of rotatable bonds is 3. The van der Waals surface area contributed by atoms with E-state index in [2.05, 4.69) is 15.4 Å². The van der Waals surface area contributed by atoms with Gasteiger partial charge in [-0.2, -0.15) is 5.10 Å². The predicted molar refractivity (Wildman–Crippen MR) is 45.4 cm³/mol. The van der Waals surface area contributed by atoms with Crippen LogP contribution in [0.4, 0.5) is 0 Å². The highest BCUT2D eigenvalue weighted by Gasteiger charge is 2.09. The minimum Gasteiger partial charge on any atom is -0.481 e. The van der Waals surface area contributed by atoms with Crippen LogP contribution < -0.4 is 0 Å². The van der Waals surface area contributed by atoms with Gasteiger partial charge in [0.15, 0.2) is 5.76 Å². The molecule has 2 N–H and O–H groups in total. The fraction of sp³-hybridized carbons (Fsp3) is 0.125. The molecule has 72 valence electrons. The van der Waals surface area contributed by atoms with Crippen LogP contribution in [0.1, 0.15) is 5.69 Å². The average molecular weight is 193 g/mol. The smallest absolute Gasteiger partial charge is 0.309 e. The monoisotopic (exact) mass is 193 g/mol. The Hall–Kier alpha value is -2.11. The Balaban J connectivity index is 2.22. The minimum absolute atomic E-state index is 0.141. The molecule has 2 rings (SSSR count). The molecule has 2 aromatic heterocycles. The number of carboxylic acid groups (broad SMARTS) is 1. The van der Waals surface area contributed by atoms with E-state index in [1.54, 1.807) is 18.3 Å². The summed E-state index contributed by atoms with van der Waals surface area (Å²) < 4.78 is 4.93. The summed E-state index contributed by atoms with van der Waals surface area (Å²) >= 11 is 0. The lowest BCUT2D eigenvalue weighted by Crippen LogP contribution is -1.99. The first-order chi connectivity index (χ1) is 6.75. The summed E-state index contributed by atoms with van der Waals surface area (Å²) in [6, 6.07) is 3.28. The van der Waals surface area contributed by atoms with Crippen molar-refractivity contribution in [2.24, 2.45) is 0 Å². The number of nitrogens with one attached hydrogen (secondary N) is 1. The molecule has 0 radical (unpaired) electrons. The molecule has 0 aliphatic heterocycles. The Bertz CT molecular complexity index is 432. The van der Waals surface area contributed by atoms with Crippen LogP contribution in [0.5, 0.6) is 0 Å². The van der Waals surface area contributed by atoms with Gasteiger partial charge in [0.25, 0.3) is 0 Å². The van der Waals surface area contributed by atoms with Gasteiger partial charge in [-0.3, -0.25) is 9.89 Å². The molecule has 0 unspecified atom stereocenters. The van der Waals surface area contributed by atoms with Gasteiger partial charge < -0.3 is 9.63 Å². The van der Waals surface area contributed by atoms with E-state index >= 15 is 0 Å². The van der Waals surface area contributed by atoms with E-state index in [4.69, 9.17) is 9.63 Å². The van der Waals surface area contributed by atoms with Crippen LogP contribution in [0.15, 0.2) is 22.9 Å². The third-order valence-electron chi connectivity index (χ3n) is 1.66. The van der Waals surface area contributed by atoms with Gasteiger partial charge in [-0.1, -0.05) is 5.16 Å². The summed E-state index contributed by atoms with van der Waals surface area (Å²) in [5.74, 6) is -0.451. The quantitative estimate of drug-likeness (QED) is 0.748. The molecular weight excluding hydrogens is 186 g/mol. The number of carbonyl (C=O) groups is 1. The first kappa shape index (κ1) is 8.49. The van der Waals surface area contributed by atoms with E-state index in [1.165, 1.54) is 0 Å². The maximum atomic E-state index is 10.4. The van der Waals surface area contributed by atoms with Crippen molar-refractivity contribution in [3.05, 3.63) is 24.0 Å². The van der Waals surface area contributed by atoms with Gasteiger partial charge in [-0.25, -0.2) is 0 Å². The fourth-order valence-corrected chi connectivity index (χ4v) is 1.07. The molecular formula is C8H7N3O3. The largest absolute Gasteiger partial charge is 0.481 e. The topological polar surface area (TPSA) is 92.0 Å². The zero-order valence-corrected chi connectivity index (χ0v) is 7.10. The molecule has 0 aliphatic rings. The van der Waals surface area contributed by atoms with Crippen LogP contribution in [0, 0.1) is 0 Å². The van der Waals surface area contributed by atoms with Gasteiger partial charge in [0.1, 0.15) is 5.69 Å². The highest BCUT2D eigenvalue weighted by molar-refractivity contribution is 5.70. The van der Waals surface area contributed by atoms with Crippen molar-refractivity contribution in [1.29, 1.82) is 0 Å². The summed E-state index contributed by atoms with van der Waals surface area (Å²) in [6.45, 7) is 0. The molecule has 0 amide bonds. The molecule has 0 saturated heterocycles. The molecule has 0 aromatic carbocycles. The molecule has 0 fully saturated rings. The van der Waals surface area contributed by atoms with Crippen LogP contribution in [-0.4, -0.2) is 26.4 Å². The Morgan fingerprint density at radius 1 is 1.64 bits per heavy atom. The van der Waals surface area contributed by atoms with Crippen LogP contribution in [-0.2, 0) is 11.2 Å². The number of hydrogen-bond acceptors (Lipinski definition) is 4. The second-order valence-corrected chi connectivity index (χ2v) is 2.72. The van der Waals surface area contributed by atoms with Crippen molar-refractivity contribution >= 4 is 5.97 Å². The van der Waals surface area contributed by atoms with Crippen molar-refractivity contribution in [1.82, 2.24) is 15.4 Å². The molecule has 6 nitrogen and oxygen atoms in total. The number of aliphatic carboxylic acids is 1. The standard InChI is InChI=1S/C8H7N3O3/c12-8(13)4-5-3-7(14-11-5)6-1-2-9-10-6/h1-3H,4H2,(H,9,10)(H,12,13). The second kappa shape index (κ2) is 3.33. The third-order valence-corrected chi connectivity index (χ3v) is 1.66. The molecule has 2 aromatic rings. The number of carboxylic acids is 1. The maximum Gasteiger partial charge on any atom is 0.309 e. The van der Waals surface area contributed by atoms with Crippen molar-refractivity contribution in [2.75, 3.05) is 0 Å². The molecule has 0 atom stereocenters. The number of H-pyrrole nitrogens is 1. The molecule has 0 bridgehead atoms. The van der Waals surface area contributed by atoms with E-state index in [1.807, 2.05) is 0 Å². The molecule has 0 spiro atoms. The minimum atomic E-state index is -0.936. The lowest BCUT2D eigenvalue weighted by molar-refractivity contribution is -0.136. The van der Waals surface area contributed by atoms with E-state index in [0.29, 0.717) is 17.1 Å². The van der Waals surface area contributed by atoms with E-state index in [9.17, 15) is 4.79 Å². The Labute approximate surface area is 78.5 Å². The lowest BCUT2D eigenvalue weighted by atomic mass is 10.2. The summed E-state index contributed by atoms with van der Waals surface area (Å²) in [7, 11) is 0. The van der Waals surface area contributed by atoms with Crippen LogP contribution in [0.25, 0.3) is 11.5 Å². The highest BCUT2D eigenvalue weighted by atomic mass is 16.5. The van der Waals surface area contributed by atoms with Crippen LogP contribution in [0.2, 0.25) is 0 Å². The lowest BCUT2D eigenvalue weighted by Gasteiger charge is -1.84. The summed E-state index contributed by atoms with van der Waals surface area (Å²) in [5.41, 5.74) is 1.07. The number of hydrogen-bond donors (Lipinski definition) is 2. The first-order valence-electron chi connectivity index (χ1n) is 3.93. The Morgan fingerprint density at radius 3 is 3.14 bits per heavy atom. The van der Waals surface area contributed by atoms with Gasteiger partial charge >= 0.3 is 5.97 Å². The Morgan fingerprint density at radius 2 is 2.50 bits per heavy atom.